The normalized spacial score (nSPS) is 10.5. The number of methoxy groups -OCH3 is 1. The molecule has 3 rings (SSSR count). The maximum Gasteiger partial charge on any atom is 0.339 e. The fourth-order valence-corrected chi connectivity index (χ4v) is 2.25. The summed E-state index contributed by atoms with van der Waals surface area (Å²) in [6.07, 6.45) is 1.38. The lowest BCUT2D eigenvalue weighted by Gasteiger charge is -2.06. The molecule has 0 bridgehead atoms. The molecule has 0 aliphatic rings. The third-order valence-corrected chi connectivity index (χ3v) is 3.62. The van der Waals surface area contributed by atoms with Crippen molar-refractivity contribution in [3.05, 3.63) is 65.3 Å². The van der Waals surface area contributed by atoms with Crippen LogP contribution in [0.4, 0.5) is 4.39 Å². The number of esters is 1. The molecule has 3 aromatic rings. The molecule has 0 saturated carbocycles. The number of pyridine rings is 1. The zero-order valence-corrected chi connectivity index (χ0v) is 13.7. The van der Waals surface area contributed by atoms with Crippen molar-refractivity contribution in [3.63, 3.8) is 0 Å². The smallest absolute Gasteiger partial charge is 0.339 e. The summed E-state index contributed by atoms with van der Waals surface area (Å²) in [5.74, 6) is 0.160. The summed E-state index contributed by atoms with van der Waals surface area (Å²) in [5.41, 5.74) is 2.39. The molecule has 0 aliphatic heterocycles. The molecule has 128 valence electrons. The standard InChI is InChI=1S/C18H15FN2O4/c1-11-15(17(21-25-11)12-3-6-14(19)7-4-12)10-24-16-8-5-13(9-20-16)18(22)23-2/h3-9H,10H2,1-2H3. The first kappa shape index (κ1) is 16.6. The number of aromatic nitrogens is 2. The summed E-state index contributed by atoms with van der Waals surface area (Å²) in [6.45, 7) is 1.94. The highest BCUT2D eigenvalue weighted by molar-refractivity contribution is 5.88. The quantitative estimate of drug-likeness (QED) is 0.660. The van der Waals surface area contributed by atoms with E-state index in [4.69, 9.17) is 9.26 Å². The maximum atomic E-state index is 13.1. The van der Waals surface area contributed by atoms with Crippen molar-refractivity contribution >= 4 is 5.97 Å². The number of hydrogen-bond donors (Lipinski definition) is 0. The van der Waals surface area contributed by atoms with Crippen LogP contribution in [0.1, 0.15) is 21.7 Å². The van der Waals surface area contributed by atoms with E-state index in [1.807, 2.05) is 0 Å². The predicted molar refractivity (Wildman–Crippen MR) is 86.5 cm³/mol. The summed E-state index contributed by atoms with van der Waals surface area (Å²) in [5, 5.41) is 4.02. The summed E-state index contributed by atoms with van der Waals surface area (Å²) < 4.78 is 28.6. The number of ether oxygens (including phenoxy) is 2. The van der Waals surface area contributed by atoms with E-state index in [0.717, 1.165) is 11.1 Å². The van der Waals surface area contributed by atoms with Crippen LogP contribution in [0.2, 0.25) is 0 Å². The molecular formula is C18H15FN2O4. The number of rotatable bonds is 5. The van der Waals surface area contributed by atoms with Crippen LogP contribution >= 0.6 is 0 Å². The lowest BCUT2D eigenvalue weighted by Crippen LogP contribution is -2.03. The van der Waals surface area contributed by atoms with Crippen molar-refractivity contribution in [2.24, 2.45) is 0 Å². The van der Waals surface area contributed by atoms with Gasteiger partial charge in [-0.25, -0.2) is 14.2 Å². The second kappa shape index (κ2) is 7.12. The second-order valence-electron chi connectivity index (χ2n) is 5.24. The maximum absolute atomic E-state index is 13.1. The number of hydrogen-bond acceptors (Lipinski definition) is 6. The van der Waals surface area contributed by atoms with Crippen molar-refractivity contribution in [1.29, 1.82) is 0 Å². The van der Waals surface area contributed by atoms with E-state index >= 15 is 0 Å². The zero-order chi connectivity index (χ0) is 17.8. The number of benzene rings is 1. The van der Waals surface area contributed by atoms with Gasteiger partial charge >= 0.3 is 5.97 Å². The van der Waals surface area contributed by atoms with Gasteiger partial charge in [0, 0.05) is 17.8 Å². The van der Waals surface area contributed by atoms with Gasteiger partial charge in [-0.2, -0.15) is 0 Å². The molecule has 0 aliphatic carbocycles. The van der Waals surface area contributed by atoms with Crippen LogP contribution in [0.3, 0.4) is 0 Å². The van der Waals surface area contributed by atoms with Crippen LogP contribution < -0.4 is 4.74 Å². The number of halogens is 1. The van der Waals surface area contributed by atoms with Crippen LogP contribution in [-0.2, 0) is 11.3 Å². The molecule has 25 heavy (non-hydrogen) atoms. The molecule has 0 amide bonds. The average Bonchev–Trinajstić information content (AvgIpc) is 3.01. The third kappa shape index (κ3) is 3.65. The Kier molecular flexibility index (Phi) is 4.74. The summed E-state index contributed by atoms with van der Waals surface area (Å²) in [4.78, 5) is 15.5. The minimum Gasteiger partial charge on any atom is -0.473 e. The van der Waals surface area contributed by atoms with Crippen LogP contribution in [0.5, 0.6) is 5.88 Å². The lowest BCUT2D eigenvalue weighted by atomic mass is 10.1. The fourth-order valence-electron chi connectivity index (χ4n) is 2.25. The molecule has 0 N–H and O–H groups in total. The van der Waals surface area contributed by atoms with Gasteiger partial charge in [0.25, 0.3) is 0 Å². The van der Waals surface area contributed by atoms with E-state index in [1.165, 1.54) is 25.4 Å². The molecule has 0 saturated heterocycles. The van der Waals surface area contributed by atoms with E-state index in [9.17, 15) is 9.18 Å². The largest absolute Gasteiger partial charge is 0.473 e. The predicted octanol–water partition coefficient (Wildman–Crippen LogP) is 3.55. The topological polar surface area (TPSA) is 74.5 Å². The van der Waals surface area contributed by atoms with Gasteiger partial charge in [-0.1, -0.05) is 5.16 Å². The Hall–Kier alpha value is -3.22. The Bertz CT molecular complexity index is 873. The minimum atomic E-state index is -0.465. The van der Waals surface area contributed by atoms with Gasteiger partial charge in [-0.05, 0) is 37.3 Å². The Morgan fingerprint density at radius 3 is 2.60 bits per heavy atom. The van der Waals surface area contributed by atoms with Gasteiger partial charge in [-0.15, -0.1) is 0 Å². The molecular weight excluding hydrogens is 327 g/mol. The van der Waals surface area contributed by atoms with Gasteiger partial charge in [0.1, 0.15) is 23.9 Å². The van der Waals surface area contributed by atoms with Crippen molar-refractivity contribution in [2.45, 2.75) is 13.5 Å². The molecule has 0 radical (unpaired) electrons. The summed E-state index contributed by atoms with van der Waals surface area (Å²) >= 11 is 0. The minimum absolute atomic E-state index is 0.173. The van der Waals surface area contributed by atoms with Crippen LogP contribution in [-0.4, -0.2) is 23.2 Å². The van der Waals surface area contributed by atoms with E-state index in [0.29, 0.717) is 22.9 Å². The average molecular weight is 342 g/mol. The molecule has 6 nitrogen and oxygen atoms in total. The van der Waals surface area contributed by atoms with E-state index < -0.39 is 5.97 Å². The van der Waals surface area contributed by atoms with Crippen LogP contribution in [0, 0.1) is 12.7 Å². The lowest BCUT2D eigenvalue weighted by molar-refractivity contribution is 0.0600. The number of nitrogens with zero attached hydrogens (tertiary/aromatic N) is 2. The summed E-state index contributed by atoms with van der Waals surface area (Å²) in [7, 11) is 1.30. The summed E-state index contributed by atoms with van der Waals surface area (Å²) in [6, 6.07) is 9.11. The van der Waals surface area contributed by atoms with E-state index in [1.54, 1.807) is 31.2 Å². The third-order valence-electron chi connectivity index (χ3n) is 3.62. The SMILES string of the molecule is COC(=O)c1ccc(OCc2c(-c3ccc(F)cc3)noc2C)nc1. The van der Waals surface area contributed by atoms with Crippen molar-refractivity contribution in [1.82, 2.24) is 10.1 Å². The Balaban J connectivity index is 1.76. The molecule has 0 atom stereocenters. The van der Waals surface area contributed by atoms with Gasteiger partial charge in [-0.3, -0.25) is 0 Å². The molecule has 0 unspecified atom stereocenters. The van der Waals surface area contributed by atoms with Gasteiger partial charge in [0.2, 0.25) is 5.88 Å². The Morgan fingerprint density at radius 1 is 1.20 bits per heavy atom. The van der Waals surface area contributed by atoms with Crippen molar-refractivity contribution in [3.8, 4) is 17.1 Å². The second-order valence-corrected chi connectivity index (χ2v) is 5.24. The van der Waals surface area contributed by atoms with E-state index in [-0.39, 0.29) is 12.4 Å². The van der Waals surface area contributed by atoms with Crippen LogP contribution in [0.15, 0.2) is 47.1 Å². The van der Waals surface area contributed by atoms with Crippen molar-refractivity contribution in [2.75, 3.05) is 7.11 Å². The molecule has 2 heterocycles. The Labute approximate surface area is 143 Å². The highest BCUT2D eigenvalue weighted by Crippen LogP contribution is 2.26. The molecule has 0 fully saturated rings. The first-order valence-electron chi connectivity index (χ1n) is 7.46. The van der Waals surface area contributed by atoms with E-state index in [2.05, 4.69) is 14.9 Å². The molecule has 0 spiro atoms. The highest BCUT2D eigenvalue weighted by atomic mass is 19.1. The van der Waals surface area contributed by atoms with Crippen LogP contribution in [0.25, 0.3) is 11.3 Å². The number of aryl methyl sites for hydroxylation is 1. The molecule has 1 aromatic carbocycles. The molecule has 2 aromatic heterocycles. The van der Waals surface area contributed by atoms with Gasteiger partial charge < -0.3 is 14.0 Å². The monoisotopic (exact) mass is 342 g/mol. The van der Waals surface area contributed by atoms with Gasteiger partial charge in [0.05, 0.1) is 18.2 Å². The highest BCUT2D eigenvalue weighted by Gasteiger charge is 2.16. The number of carbonyl (C=O) groups excluding carboxylic acids is 1. The molecule has 7 heteroatoms. The zero-order valence-electron chi connectivity index (χ0n) is 13.7. The van der Waals surface area contributed by atoms with Crippen molar-refractivity contribution < 1.29 is 23.2 Å². The Morgan fingerprint density at radius 2 is 1.96 bits per heavy atom. The first-order chi connectivity index (χ1) is 12.1. The van der Waals surface area contributed by atoms with Gasteiger partial charge in [0.15, 0.2) is 0 Å². The first-order valence-corrected chi connectivity index (χ1v) is 7.46. The fraction of sp³-hybridized carbons (Fsp3) is 0.167. The number of carbonyl (C=O) groups is 1.